The molecule has 0 saturated carbocycles. The van der Waals surface area contributed by atoms with Crippen molar-refractivity contribution in [3.63, 3.8) is 0 Å². The van der Waals surface area contributed by atoms with Gasteiger partial charge in [0.1, 0.15) is 12.6 Å². The Kier molecular flexibility index (Phi) is 7.41. The molecule has 2 atom stereocenters. The first-order valence-electron chi connectivity index (χ1n) is 10.1. The molecule has 0 aliphatic carbocycles. The van der Waals surface area contributed by atoms with Gasteiger partial charge in [-0.2, -0.15) is 12.6 Å². The first-order chi connectivity index (χ1) is 14.0. The Labute approximate surface area is 176 Å². The maximum Gasteiger partial charge on any atom is 0.410 e. The Morgan fingerprint density at radius 1 is 1.10 bits per heavy atom. The number of amides is 2. The zero-order chi connectivity index (χ0) is 20.8. The molecule has 0 bridgehead atoms. The molecule has 0 N–H and O–H groups in total. The SMILES string of the molecule is CCOC(=O)C1CCN(C(=O)C2CC(S)CN2C(=O)OCc2ccccc2)CC1. The number of ether oxygens (including phenoxy) is 2. The van der Waals surface area contributed by atoms with E-state index in [2.05, 4.69) is 12.6 Å². The van der Waals surface area contributed by atoms with Gasteiger partial charge < -0.3 is 14.4 Å². The average Bonchev–Trinajstić information content (AvgIpc) is 3.14. The second-order valence-corrected chi connectivity index (χ2v) is 8.18. The molecule has 2 aliphatic heterocycles. The van der Waals surface area contributed by atoms with Crippen molar-refractivity contribution in [1.82, 2.24) is 9.80 Å². The predicted octanol–water partition coefficient (Wildman–Crippen LogP) is 2.50. The molecule has 1 aromatic rings. The van der Waals surface area contributed by atoms with E-state index >= 15 is 0 Å². The van der Waals surface area contributed by atoms with Crippen molar-refractivity contribution in [3.05, 3.63) is 35.9 Å². The number of benzene rings is 1. The number of nitrogens with zero attached hydrogens (tertiary/aromatic N) is 2. The van der Waals surface area contributed by atoms with Crippen LogP contribution in [0.2, 0.25) is 0 Å². The molecule has 8 heteroatoms. The molecular weight excluding hydrogens is 392 g/mol. The summed E-state index contributed by atoms with van der Waals surface area (Å²) in [6.45, 7) is 3.68. The molecule has 0 radical (unpaired) electrons. The second-order valence-electron chi connectivity index (χ2n) is 7.45. The highest BCUT2D eigenvalue weighted by Gasteiger charge is 2.42. The van der Waals surface area contributed by atoms with E-state index in [9.17, 15) is 14.4 Å². The summed E-state index contributed by atoms with van der Waals surface area (Å²) in [4.78, 5) is 40.8. The number of hydrogen-bond acceptors (Lipinski definition) is 6. The van der Waals surface area contributed by atoms with E-state index in [-0.39, 0.29) is 29.7 Å². The number of hydrogen-bond donors (Lipinski definition) is 1. The van der Waals surface area contributed by atoms with Crippen LogP contribution in [0, 0.1) is 5.92 Å². The highest BCUT2D eigenvalue weighted by Crippen LogP contribution is 2.27. The summed E-state index contributed by atoms with van der Waals surface area (Å²) < 4.78 is 10.5. The number of esters is 1. The zero-order valence-electron chi connectivity index (χ0n) is 16.7. The van der Waals surface area contributed by atoms with E-state index in [1.165, 1.54) is 4.90 Å². The molecule has 158 valence electrons. The Hall–Kier alpha value is -2.22. The van der Waals surface area contributed by atoms with Gasteiger partial charge in [0.05, 0.1) is 12.5 Å². The van der Waals surface area contributed by atoms with Crippen LogP contribution in [0.4, 0.5) is 4.79 Å². The van der Waals surface area contributed by atoms with Crippen LogP contribution in [0.15, 0.2) is 30.3 Å². The third kappa shape index (κ3) is 5.44. The lowest BCUT2D eigenvalue weighted by molar-refractivity contribution is -0.151. The Morgan fingerprint density at radius 3 is 2.45 bits per heavy atom. The van der Waals surface area contributed by atoms with Gasteiger partial charge in [0.25, 0.3) is 0 Å². The number of rotatable bonds is 5. The third-order valence-corrected chi connectivity index (χ3v) is 5.80. The molecule has 7 nitrogen and oxygen atoms in total. The molecule has 29 heavy (non-hydrogen) atoms. The summed E-state index contributed by atoms with van der Waals surface area (Å²) >= 11 is 4.49. The smallest absolute Gasteiger partial charge is 0.410 e. The largest absolute Gasteiger partial charge is 0.466 e. The molecule has 0 spiro atoms. The fourth-order valence-corrected chi connectivity index (χ4v) is 4.23. The van der Waals surface area contributed by atoms with Crippen molar-refractivity contribution in [1.29, 1.82) is 0 Å². The van der Waals surface area contributed by atoms with Crippen LogP contribution >= 0.6 is 12.6 Å². The van der Waals surface area contributed by atoms with Gasteiger partial charge in [-0.1, -0.05) is 30.3 Å². The van der Waals surface area contributed by atoms with E-state index < -0.39 is 12.1 Å². The van der Waals surface area contributed by atoms with Crippen molar-refractivity contribution < 1.29 is 23.9 Å². The molecular formula is C21H28N2O5S. The van der Waals surface area contributed by atoms with Crippen molar-refractivity contribution in [2.24, 2.45) is 5.92 Å². The van der Waals surface area contributed by atoms with Crippen LogP contribution in [-0.2, 0) is 25.7 Å². The molecule has 2 unspecified atom stereocenters. The van der Waals surface area contributed by atoms with Crippen molar-refractivity contribution in [2.75, 3.05) is 26.2 Å². The highest BCUT2D eigenvalue weighted by atomic mass is 32.1. The fourth-order valence-electron chi connectivity index (χ4n) is 3.86. The third-order valence-electron chi connectivity index (χ3n) is 5.43. The van der Waals surface area contributed by atoms with E-state index in [1.807, 2.05) is 30.3 Å². The summed E-state index contributed by atoms with van der Waals surface area (Å²) in [7, 11) is 0. The first-order valence-corrected chi connectivity index (χ1v) is 10.6. The fraction of sp³-hybridized carbons (Fsp3) is 0.571. The summed E-state index contributed by atoms with van der Waals surface area (Å²) in [6.07, 6.45) is 1.17. The van der Waals surface area contributed by atoms with Crippen LogP contribution in [0.1, 0.15) is 31.7 Å². The van der Waals surface area contributed by atoms with E-state index in [0.717, 1.165) is 5.56 Å². The van der Waals surface area contributed by atoms with Crippen LogP contribution in [-0.4, -0.2) is 65.3 Å². The first kappa shape index (κ1) is 21.5. The average molecular weight is 421 g/mol. The molecule has 2 amide bonds. The predicted molar refractivity (Wildman–Crippen MR) is 110 cm³/mol. The minimum Gasteiger partial charge on any atom is -0.466 e. The molecule has 2 heterocycles. The van der Waals surface area contributed by atoms with Gasteiger partial charge in [-0.3, -0.25) is 14.5 Å². The molecule has 3 rings (SSSR count). The minimum atomic E-state index is -0.570. The summed E-state index contributed by atoms with van der Waals surface area (Å²) in [5.41, 5.74) is 0.895. The van der Waals surface area contributed by atoms with Crippen LogP contribution < -0.4 is 0 Å². The van der Waals surface area contributed by atoms with Crippen LogP contribution in [0.3, 0.4) is 0 Å². The van der Waals surface area contributed by atoms with Crippen molar-refractivity contribution in [3.8, 4) is 0 Å². The van der Waals surface area contributed by atoms with E-state index in [1.54, 1.807) is 11.8 Å². The highest BCUT2D eigenvalue weighted by molar-refractivity contribution is 7.81. The lowest BCUT2D eigenvalue weighted by Gasteiger charge is -2.34. The maximum atomic E-state index is 13.1. The molecule has 2 aliphatic rings. The van der Waals surface area contributed by atoms with Gasteiger partial charge in [-0.05, 0) is 31.7 Å². The van der Waals surface area contributed by atoms with Gasteiger partial charge in [0, 0.05) is 24.9 Å². The van der Waals surface area contributed by atoms with E-state index in [4.69, 9.17) is 9.47 Å². The summed E-state index contributed by atoms with van der Waals surface area (Å²) in [5, 5.41) is -0.0645. The molecule has 1 aromatic carbocycles. The second kappa shape index (κ2) is 10.0. The molecule has 2 saturated heterocycles. The Morgan fingerprint density at radius 2 is 1.79 bits per heavy atom. The van der Waals surface area contributed by atoms with E-state index in [0.29, 0.717) is 45.5 Å². The summed E-state index contributed by atoms with van der Waals surface area (Å²) in [5.74, 6) is -0.449. The lowest BCUT2D eigenvalue weighted by Crippen LogP contribution is -2.50. The normalized spacial score (nSPS) is 22.4. The van der Waals surface area contributed by atoms with Gasteiger partial charge in [-0.25, -0.2) is 4.79 Å². The number of carbonyl (C=O) groups is 3. The van der Waals surface area contributed by atoms with Crippen LogP contribution in [0.25, 0.3) is 0 Å². The molecule has 2 fully saturated rings. The Balaban J connectivity index is 1.56. The lowest BCUT2D eigenvalue weighted by atomic mass is 9.96. The zero-order valence-corrected chi connectivity index (χ0v) is 17.6. The maximum absolute atomic E-state index is 13.1. The topological polar surface area (TPSA) is 76.2 Å². The quantitative estimate of drug-likeness (QED) is 0.585. The monoisotopic (exact) mass is 420 g/mol. The summed E-state index contributed by atoms with van der Waals surface area (Å²) in [6, 6.07) is 8.87. The standard InChI is InChI=1S/C21H28N2O5S/c1-2-27-20(25)16-8-10-22(11-9-16)19(24)18-12-17(29)13-23(18)21(26)28-14-15-6-4-3-5-7-15/h3-7,16-18,29H,2,8-14H2,1H3. The number of thiol groups is 1. The minimum absolute atomic E-state index is 0.0645. The van der Waals surface area contributed by atoms with Crippen molar-refractivity contribution >= 4 is 30.6 Å². The molecule has 0 aromatic heterocycles. The van der Waals surface area contributed by atoms with Gasteiger partial charge in [0.2, 0.25) is 5.91 Å². The van der Waals surface area contributed by atoms with Gasteiger partial charge in [0.15, 0.2) is 0 Å². The van der Waals surface area contributed by atoms with Crippen LogP contribution in [0.5, 0.6) is 0 Å². The number of likely N-dealkylation sites (tertiary alicyclic amines) is 2. The number of piperidine rings is 1. The van der Waals surface area contributed by atoms with Crippen molar-refractivity contribution in [2.45, 2.75) is 44.1 Å². The number of carbonyl (C=O) groups excluding carboxylic acids is 3. The van der Waals surface area contributed by atoms with Gasteiger partial charge in [-0.15, -0.1) is 0 Å². The Bertz CT molecular complexity index is 721. The van der Waals surface area contributed by atoms with Gasteiger partial charge >= 0.3 is 12.1 Å².